The van der Waals surface area contributed by atoms with Crippen LogP contribution < -0.4 is 5.32 Å². The van der Waals surface area contributed by atoms with Crippen LogP contribution in [-0.2, 0) is 6.54 Å². The summed E-state index contributed by atoms with van der Waals surface area (Å²) in [7, 11) is 0. The molecule has 0 aliphatic rings. The van der Waals surface area contributed by atoms with E-state index in [1.54, 1.807) is 18.5 Å². The Labute approximate surface area is 121 Å². The first-order valence-electron chi connectivity index (χ1n) is 4.93. The van der Waals surface area contributed by atoms with Gasteiger partial charge in [-0.1, -0.05) is 0 Å². The van der Waals surface area contributed by atoms with Crippen molar-refractivity contribution in [2.45, 2.75) is 6.54 Å². The summed E-state index contributed by atoms with van der Waals surface area (Å²) in [5.41, 5.74) is 1.99. The minimum absolute atomic E-state index is 0.218. The maximum Gasteiger partial charge on any atom is 0.124 e. The van der Waals surface area contributed by atoms with Gasteiger partial charge in [-0.05, 0) is 68.3 Å². The van der Waals surface area contributed by atoms with Gasteiger partial charge in [0.05, 0.1) is 0 Å². The summed E-state index contributed by atoms with van der Waals surface area (Å²) in [6.07, 6.45) is 3.54. The van der Waals surface area contributed by atoms with Crippen LogP contribution in [0.5, 0.6) is 0 Å². The molecule has 17 heavy (non-hydrogen) atoms. The summed E-state index contributed by atoms with van der Waals surface area (Å²) < 4.78 is 14.7. The van der Waals surface area contributed by atoms with Crippen molar-refractivity contribution in [3.8, 4) is 0 Å². The highest BCUT2D eigenvalue weighted by molar-refractivity contribution is 14.1. The molecule has 0 aliphatic heterocycles. The molecule has 0 amide bonds. The van der Waals surface area contributed by atoms with Gasteiger partial charge in [0.15, 0.2) is 0 Å². The van der Waals surface area contributed by atoms with Crippen molar-refractivity contribution < 1.29 is 4.39 Å². The molecule has 5 heteroatoms. The number of halogens is 3. The zero-order valence-electron chi connectivity index (χ0n) is 8.75. The van der Waals surface area contributed by atoms with E-state index in [-0.39, 0.29) is 5.82 Å². The first kappa shape index (κ1) is 12.8. The topological polar surface area (TPSA) is 24.9 Å². The predicted octanol–water partition coefficient (Wildman–Crippen LogP) is 4.20. The number of nitrogens with one attached hydrogen (secondary N) is 1. The van der Waals surface area contributed by atoms with Crippen molar-refractivity contribution in [3.05, 3.63) is 56.1 Å². The fourth-order valence-electron chi connectivity index (χ4n) is 1.38. The summed E-state index contributed by atoms with van der Waals surface area (Å²) in [5.74, 6) is -0.218. The second kappa shape index (κ2) is 5.77. The van der Waals surface area contributed by atoms with E-state index in [4.69, 9.17) is 0 Å². The molecule has 2 rings (SSSR count). The normalized spacial score (nSPS) is 10.3. The highest BCUT2D eigenvalue weighted by Gasteiger charge is 2.01. The number of nitrogens with zero attached hydrogens (tertiary/aromatic N) is 1. The number of aromatic nitrogens is 1. The molecule has 2 nitrogen and oxygen atoms in total. The van der Waals surface area contributed by atoms with Gasteiger partial charge in [-0.3, -0.25) is 4.98 Å². The molecule has 0 saturated heterocycles. The van der Waals surface area contributed by atoms with Crippen LogP contribution in [0.3, 0.4) is 0 Å². The minimum Gasteiger partial charge on any atom is -0.380 e. The number of anilines is 1. The van der Waals surface area contributed by atoms with E-state index in [9.17, 15) is 4.39 Å². The van der Waals surface area contributed by atoms with Crippen molar-refractivity contribution >= 4 is 44.2 Å². The first-order valence-corrected chi connectivity index (χ1v) is 6.80. The van der Waals surface area contributed by atoms with Gasteiger partial charge >= 0.3 is 0 Å². The van der Waals surface area contributed by atoms with E-state index >= 15 is 0 Å². The number of pyridine rings is 1. The molecule has 1 heterocycles. The van der Waals surface area contributed by atoms with Crippen LogP contribution in [0.2, 0.25) is 0 Å². The first-order chi connectivity index (χ1) is 8.15. The Kier molecular flexibility index (Phi) is 4.33. The number of hydrogen-bond acceptors (Lipinski definition) is 2. The van der Waals surface area contributed by atoms with Crippen LogP contribution in [0.25, 0.3) is 0 Å². The van der Waals surface area contributed by atoms with E-state index in [1.807, 2.05) is 6.07 Å². The van der Waals surface area contributed by atoms with Gasteiger partial charge in [-0.2, -0.15) is 0 Å². The number of rotatable bonds is 3. The molecule has 1 N–H and O–H groups in total. The van der Waals surface area contributed by atoms with Crippen molar-refractivity contribution in [1.29, 1.82) is 0 Å². The molecule has 1 aromatic carbocycles. The van der Waals surface area contributed by atoms with Gasteiger partial charge in [0.2, 0.25) is 0 Å². The summed E-state index contributed by atoms with van der Waals surface area (Å²) in [6, 6.07) is 6.69. The number of hydrogen-bond donors (Lipinski definition) is 1. The van der Waals surface area contributed by atoms with Crippen LogP contribution in [0.4, 0.5) is 10.1 Å². The Bertz CT molecular complexity index is 534. The SMILES string of the molecule is Fc1ccc(NCc2cncc(Br)c2)c(I)c1. The fraction of sp³-hybridized carbons (Fsp3) is 0.0833. The van der Waals surface area contributed by atoms with Gasteiger partial charge in [0, 0.05) is 32.7 Å². The lowest BCUT2D eigenvalue weighted by atomic mass is 10.2. The summed E-state index contributed by atoms with van der Waals surface area (Å²) in [6.45, 7) is 0.661. The zero-order valence-corrected chi connectivity index (χ0v) is 12.5. The highest BCUT2D eigenvalue weighted by atomic mass is 127. The second-order valence-corrected chi connectivity index (χ2v) is 5.57. The van der Waals surface area contributed by atoms with Gasteiger partial charge in [-0.25, -0.2) is 4.39 Å². The lowest BCUT2D eigenvalue weighted by Gasteiger charge is -2.08. The van der Waals surface area contributed by atoms with Crippen LogP contribution >= 0.6 is 38.5 Å². The molecular formula is C12H9BrFIN2. The Morgan fingerprint density at radius 1 is 1.29 bits per heavy atom. The third kappa shape index (κ3) is 3.64. The summed E-state index contributed by atoms with van der Waals surface area (Å²) in [5, 5.41) is 3.25. The summed E-state index contributed by atoms with van der Waals surface area (Å²) in [4.78, 5) is 4.08. The Morgan fingerprint density at radius 2 is 2.12 bits per heavy atom. The third-order valence-electron chi connectivity index (χ3n) is 2.18. The third-order valence-corrected chi connectivity index (χ3v) is 3.50. The van der Waals surface area contributed by atoms with Gasteiger partial charge in [0.25, 0.3) is 0 Å². The van der Waals surface area contributed by atoms with E-state index in [0.29, 0.717) is 6.54 Å². The minimum atomic E-state index is -0.218. The Balaban J connectivity index is 2.07. The average molecular weight is 407 g/mol. The average Bonchev–Trinajstić information content (AvgIpc) is 2.28. The molecule has 0 unspecified atom stereocenters. The van der Waals surface area contributed by atoms with Crippen LogP contribution in [0.15, 0.2) is 41.1 Å². The molecule has 0 radical (unpaired) electrons. The van der Waals surface area contributed by atoms with E-state index in [2.05, 4.69) is 48.8 Å². The van der Waals surface area contributed by atoms with Crippen molar-refractivity contribution in [2.24, 2.45) is 0 Å². The molecule has 2 aromatic rings. The van der Waals surface area contributed by atoms with Crippen molar-refractivity contribution in [1.82, 2.24) is 4.98 Å². The molecule has 0 bridgehead atoms. The highest BCUT2D eigenvalue weighted by Crippen LogP contribution is 2.20. The van der Waals surface area contributed by atoms with Crippen molar-refractivity contribution in [2.75, 3.05) is 5.32 Å². The Morgan fingerprint density at radius 3 is 2.82 bits per heavy atom. The predicted molar refractivity (Wildman–Crippen MR) is 78.4 cm³/mol. The van der Waals surface area contributed by atoms with E-state index < -0.39 is 0 Å². The molecule has 0 spiro atoms. The smallest absolute Gasteiger partial charge is 0.124 e. The standard InChI is InChI=1S/C12H9BrFIN2/c13-9-3-8(5-16-7-9)6-17-12-2-1-10(14)4-11(12)15/h1-5,7,17H,6H2. The maximum atomic E-state index is 12.9. The molecule has 0 saturated carbocycles. The quantitative estimate of drug-likeness (QED) is 0.772. The van der Waals surface area contributed by atoms with Crippen LogP contribution in [-0.4, -0.2) is 4.98 Å². The second-order valence-electron chi connectivity index (χ2n) is 3.49. The lowest BCUT2D eigenvalue weighted by Crippen LogP contribution is -2.01. The lowest BCUT2D eigenvalue weighted by molar-refractivity contribution is 0.627. The van der Waals surface area contributed by atoms with Crippen molar-refractivity contribution in [3.63, 3.8) is 0 Å². The largest absolute Gasteiger partial charge is 0.380 e. The molecule has 0 atom stereocenters. The van der Waals surface area contributed by atoms with E-state index in [0.717, 1.165) is 19.3 Å². The van der Waals surface area contributed by atoms with Gasteiger partial charge < -0.3 is 5.32 Å². The Hall–Kier alpha value is -0.690. The monoisotopic (exact) mass is 406 g/mol. The zero-order chi connectivity index (χ0) is 12.3. The van der Waals surface area contributed by atoms with Crippen LogP contribution in [0.1, 0.15) is 5.56 Å². The summed E-state index contributed by atoms with van der Waals surface area (Å²) >= 11 is 5.48. The van der Waals surface area contributed by atoms with Crippen LogP contribution in [0, 0.1) is 9.39 Å². The fourth-order valence-corrected chi connectivity index (χ4v) is 2.46. The molecule has 1 aromatic heterocycles. The van der Waals surface area contributed by atoms with E-state index in [1.165, 1.54) is 12.1 Å². The molecule has 0 fully saturated rings. The molecule has 0 aliphatic carbocycles. The van der Waals surface area contributed by atoms with Gasteiger partial charge in [-0.15, -0.1) is 0 Å². The maximum absolute atomic E-state index is 12.9. The molecule has 88 valence electrons. The molecular weight excluding hydrogens is 398 g/mol. The van der Waals surface area contributed by atoms with Gasteiger partial charge in [0.1, 0.15) is 5.82 Å². The number of benzene rings is 1.